The Morgan fingerprint density at radius 2 is 0.970 bits per heavy atom. The zero-order chi connectivity index (χ0) is 75.3. The number of carboxylic acid groups (broad SMARTS) is 2. The molecule has 0 saturated heterocycles. The number of ketones is 2. The zero-order valence-electron chi connectivity index (χ0n) is 60.1. The first-order valence-corrected chi connectivity index (χ1v) is 33.6. The average Bonchev–Trinajstić information content (AvgIpc) is 1.64. The van der Waals surface area contributed by atoms with E-state index in [0.29, 0.717) is 68.6 Å². The molecule has 0 bridgehead atoms. The SMILES string of the molecule is C.C.C.C.CC(=O)C(N)C1(O)CC1.CC(=O)OC(C)=O.CC(=O)OC1(C(Br)C(C)=O)CC1.CC(=O)OC1(CC(=O)O)CC1.CC(=O)OC1(CC(C)C)CC1.CC(C)CC1(O)CC1.CCOCC.COC(=O)C(N)C1(O)CC1.COC(=O)CC(C)C.O=C(O)c1ccc(C#CC#CC2CC2)cc1. The molecule has 9 N–H and O–H groups in total. The van der Waals surface area contributed by atoms with Crippen LogP contribution in [0.15, 0.2) is 24.3 Å². The van der Waals surface area contributed by atoms with Gasteiger partial charge in [-0.05, 0) is 184 Å². The number of hydrogen-bond donors (Lipinski definition) is 7. The molecule has 7 saturated carbocycles. The van der Waals surface area contributed by atoms with Gasteiger partial charge in [0, 0.05) is 65.7 Å². The molecule has 582 valence electrons. The summed E-state index contributed by atoms with van der Waals surface area (Å²) in [6, 6.07) is 4.95. The Hall–Kier alpha value is -6.65. The van der Waals surface area contributed by atoms with Crippen LogP contribution in [-0.2, 0) is 81.1 Å². The monoisotopic (exact) mass is 1500 g/mol. The second-order valence-electron chi connectivity index (χ2n) is 26.2. The maximum Gasteiger partial charge on any atom is 0.335 e. The molecule has 7 fully saturated rings. The second-order valence-corrected chi connectivity index (χ2v) is 27.1. The summed E-state index contributed by atoms with van der Waals surface area (Å²) in [7, 11) is 2.67. The van der Waals surface area contributed by atoms with Crippen LogP contribution in [0.3, 0.4) is 0 Å². The van der Waals surface area contributed by atoms with Crippen LogP contribution < -0.4 is 11.5 Å². The van der Waals surface area contributed by atoms with Gasteiger partial charge < -0.3 is 70.2 Å². The van der Waals surface area contributed by atoms with E-state index in [-0.39, 0.29) is 87.2 Å². The summed E-state index contributed by atoms with van der Waals surface area (Å²) < 4.78 is 32.7. The Labute approximate surface area is 611 Å². The van der Waals surface area contributed by atoms with E-state index in [2.05, 4.69) is 81.5 Å². The molecular formula is C75H127BrN2O23. The average molecular weight is 1500 g/mol. The Kier molecular flexibility index (Phi) is 53.7. The van der Waals surface area contributed by atoms with Crippen molar-refractivity contribution in [3.8, 4) is 23.7 Å². The Bertz CT molecular complexity index is 2790. The lowest BCUT2D eigenvalue weighted by atomic mass is 10.0. The largest absolute Gasteiger partial charge is 0.481 e. The van der Waals surface area contributed by atoms with Crippen molar-refractivity contribution >= 4 is 81.2 Å². The Morgan fingerprint density at radius 1 is 0.545 bits per heavy atom. The van der Waals surface area contributed by atoms with Crippen molar-refractivity contribution in [2.75, 3.05) is 27.4 Å². The number of nitrogens with two attached hydrogens (primary N) is 2. The minimum absolute atomic E-state index is 0. The summed E-state index contributed by atoms with van der Waals surface area (Å²) in [6.45, 7) is 27.6. The van der Waals surface area contributed by atoms with Crippen molar-refractivity contribution in [2.24, 2.45) is 35.1 Å². The number of esters is 7. The van der Waals surface area contributed by atoms with E-state index in [4.69, 9.17) is 40.6 Å². The summed E-state index contributed by atoms with van der Waals surface area (Å²) in [4.78, 5) is 115. The molecule has 0 aromatic heterocycles. The third kappa shape index (κ3) is 52.9. The van der Waals surface area contributed by atoms with Crippen LogP contribution >= 0.6 is 15.9 Å². The molecule has 101 heavy (non-hydrogen) atoms. The lowest BCUT2D eigenvalue weighted by Crippen LogP contribution is -2.44. The van der Waals surface area contributed by atoms with Gasteiger partial charge in [0.25, 0.3) is 0 Å². The lowest BCUT2D eigenvalue weighted by molar-refractivity contribution is -0.157. The number of carbonyl (C=O) groups excluding carboxylic acids is 9. The molecule has 0 heterocycles. The Morgan fingerprint density at radius 3 is 1.21 bits per heavy atom. The van der Waals surface area contributed by atoms with Gasteiger partial charge in [-0.3, -0.25) is 47.9 Å². The van der Waals surface area contributed by atoms with Crippen LogP contribution in [0, 0.1) is 47.4 Å². The van der Waals surface area contributed by atoms with Gasteiger partial charge in [-0.15, -0.1) is 0 Å². The minimum Gasteiger partial charge on any atom is -0.481 e. The number of methoxy groups -OCH3 is 2. The van der Waals surface area contributed by atoms with E-state index < -0.39 is 70.3 Å². The van der Waals surface area contributed by atoms with Crippen molar-refractivity contribution in [3.63, 3.8) is 0 Å². The van der Waals surface area contributed by atoms with Gasteiger partial charge in [0.2, 0.25) is 0 Å². The van der Waals surface area contributed by atoms with Gasteiger partial charge in [-0.1, -0.05) is 99.0 Å². The van der Waals surface area contributed by atoms with Gasteiger partial charge in [0.15, 0.2) is 0 Å². The highest BCUT2D eigenvalue weighted by molar-refractivity contribution is 9.10. The topological polar surface area (TPSA) is 406 Å². The molecule has 0 spiro atoms. The molecule has 3 atom stereocenters. The standard InChI is InChI=1S/C14H10O2.C9H16O2.C8H11BrO3.C7H10O4.C7H14O.C6H11NO3.C6H11NO2.C6H12O2.C4H6O3.C4H10O.4CH4/c15-14(16)13-9-7-12(8-10-13)4-2-1-3-11-5-6-11;1-7(2)6-9(4-5-9)11-8(3)10;1-5(10)7(9)8(3-4-8)12-6(2)11;1-5(8)11-7(2-3-7)4-6(9)10;1-6(2)5-7(8)3-4-7;1-10-5(8)4(7)6(9)2-3-6;1-4(8)5(7)6(9)2-3-6;1-5(2)4-6(7)8-3;1-3(5)7-4(2)6;1-3-5-4-2;;;;/h7-11H,5-6H2,(H,15,16);7H,4-6H2,1-3H3;7H,3-4H2,1-2H3;2-4H2,1H3,(H,9,10);6,8H,3-5H2,1-2H3;4,9H,2-3,7H2,1H3;5,9H,2-3,7H2,1H3;5H,4H2,1-3H3;1-2H3;3-4H2,1-2H3;4*1H4. The number of aliphatic carboxylic acids is 1. The minimum atomic E-state index is -0.965. The smallest absolute Gasteiger partial charge is 0.335 e. The van der Waals surface area contributed by atoms with E-state index in [1.807, 2.05) is 27.7 Å². The molecule has 7 aliphatic rings. The van der Waals surface area contributed by atoms with Crippen molar-refractivity contribution in [2.45, 2.75) is 300 Å². The van der Waals surface area contributed by atoms with Gasteiger partial charge >= 0.3 is 53.7 Å². The fraction of sp³-hybridized carbons (Fsp3) is 0.720. The molecule has 7 aliphatic carbocycles. The lowest BCUT2D eigenvalue weighted by Gasteiger charge is -2.18. The third-order valence-corrected chi connectivity index (χ3v) is 15.9. The van der Waals surface area contributed by atoms with Crippen LogP contribution in [-0.4, -0.2) is 169 Å². The highest BCUT2D eigenvalue weighted by atomic mass is 79.9. The van der Waals surface area contributed by atoms with Crippen molar-refractivity contribution < 1.29 is 111 Å². The number of carbonyl (C=O) groups is 11. The number of hydrogen-bond acceptors (Lipinski definition) is 23. The van der Waals surface area contributed by atoms with Crippen LogP contribution in [0.5, 0.6) is 0 Å². The summed E-state index contributed by atoms with van der Waals surface area (Å²) in [6.07, 6.45) is 14.5. The molecule has 0 amide bonds. The number of benzene rings is 1. The molecule has 25 nitrogen and oxygen atoms in total. The number of aliphatic hydroxyl groups is 3. The van der Waals surface area contributed by atoms with Crippen molar-refractivity contribution in [1.82, 2.24) is 0 Å². The quantitative estimate of drug-likeness (QED) is 0.0210. The zero-order valence-corrected chi connectivity index (χ0v) is 61.7. The number of aromatic carboxylic acids is 1. The van der Waals surface area contributed by atoms with E-state index in [9.17, 15) is 68.1 Å². The van der Waals surface area contributed by atoms with Gasteiger partial charge in [0.05, 0.1) is 49.0 Å². The molecule has 1 aromatic carbocycles. The van der Waals surface area contributed by atoms with Crippen LogP contribution in [0.2, 0.25) is 0 Å². The van der Waals surface area contributed by atoms with Gasteiger partial charge in [-0.25, -0.2) is 4.79 Å². The first-order valence-electron chi connectivity index (χ1n) is 32.7. The molecular weight excluding hydrogens is 1380 g/mol. The molecule has 3 unspecified atom stereocenters. The fourth-order valence-corrected chi connectivity index (χ4v) is 9.01. The molecule has 1 aromatic rings. The predicted octanol–water partition coefficient (Wildman–Crippen LogP) is 11.2. The summed E-state index contributed by atoms with van der Waals surface area (Å²) in [5.74, 6) is 9.12. The van der Waals surface area contributed by atoms with Crippen LogP contribution in [0.4, 0.5) is 0 Å². The molecule has 0 radical (unpaired) electrons. The van der Waals surface area contributed by atoms with Gasteiger partial charge in [0.1, 0.15) is 39.2 Å². The maximum absolute atomic E-state index is 11.0. The number of alkyl halides is 1. The number of halogens is 1. The van der Waals surface area contributed by atoms with Crippen molar-refractivity contribution in [1.29, 1.82) is 0 Å². The van der Waals surface area contributed by atoms with E-state index in [1.165, 1.54) is 75.5 Å². The molecule has 0 aliphatic heterocycles. The number of rotatable bonds is 20. The highest BCUT2D eigenvalue weighted by Gasteiger charge is 2.54. The second kappa shape index (κ2) is 51.5. The van der Waals surface area contributed by atoms with E-state index >= 15 is 0 Å². The number of carboxylic acids is 2. The Balaban J connectivity index is -0.000000250. The fourth-order valence-electron chi connectivity index (χ4n) is 8.46. The van der Waals surface area contributed by atoms with Crippen LogP contribution in [0.1, 0.15) is 265 Å². The number of ether oxygens (including phenoxy) is 7. The normalized spacial score (nSPS) is 17.0. The van der Waals surface area contributed by atoms with E-state index in [1.54, 1.807) is 24.3 Å². The first kappa shape index (κ1) is 105. The van der Waals surface area contributed by atoms with Crippen LogP contribution in [0.25, 0.3) is 0 Å². The highest BCUT2D eigenvalue weighted by Crippen LogP contribution is 2.47. The van der Waals surface area contributed by atoms with Crippen molar-refractivity contribution in [3.05, 3.63) is 35.4 Å². The predicted molar refractivity (Wildman–Crippen MR) is 391 cm³/mol. The van der Waals surface area contributed by atoms with Gasteiger partial charge in [-0.2, -0.15) is 0 Å². The summed E-state index contributed by atoms with van der Waals surface area (Å²) in [5.41, 5.74) is 8.48. The summed E-state index contributed by atoms with van der Waals surface area (Å²) in [5, 5.41) is 44.9. The molecule has 26 heteroatoms. The third-order valence-electron chi connectivity index (χ3n) is 14.4. The van der Waals surface area contributed by atoms with E-state index in [0.717, 1.165) is 70.1 Å². The number of Topliss-reactive ketones (excluding diaryl/α,β-unsaturated/α-hetero) is 2. The summed E-state index contributed by atoms with van der Waals surface area (Å²) >= 11 is 3.23. The molecule has 8 rings (SSSR count). The maximum atomic E-state index is 11.0. The first-order chi connectivity index (χ1) is 44.8.